The number of halogens is 1. The second-order valence-electron chi connectivity index (χ2n) is 6.20. The molecule has 1 fully saturated rings. The van der Waals surface area contributed by atoms with Crippen LogP contribution in [-0.4, -0.2) is 58.8 Å². The van der Waals surface area contributed by atoms with Crippen LogP contribution in [0.4, 0.5) is 4.39 Å². The monoisotopic (exact) mass is 344 g/mol. The minimum Gasteiger partial charge on any atom is -0.368 e. The first-order valence-electron chi connectivity index (χ1n) is 8.22. The summed E-state index contributed by atoms with van der Waals surface area (Å²) in [5, 5.41) is 0. The molecular weight excluding hydrogens is 323 g/mol. The van der Waals surface area contributed by atoms with E-state index >= 15 is 0 Å². The summed E-state index contributed by atoms with van der Waals surface area (Å²) in [6, 6.07) is 5.73. The Bertz CT molecular complexity index is 764. The molecule has 0 saturated carbocycles. The van der Waals surface area contributed by atoms with Gasteiger partial charge in [0.25, 0.3) is 5.91 Å². The van der Waals surface area contributed by atoms with Gasteiger partial charge in [0.15, 0.2) is 0 Å². The van der Waals surface area contributed by atoms with Crippen LogP contribution in [0.3, 0.4) is 0 Å². The fourth-order valence-electron chi connectivity index (χ4n) is 3.07. The Balaban J connectivity index is 1.72. The number of carbonyl (C=O) groups excluding carboxylic acids is 2. The quantitative estimate of drug-likeness (QED) is 0.881. The van der Waals surface area contributed by atoms with Crippen LogP contribution in [0.5, 0.6) is 0 Å². The highest BCUT2D eigenvalue weighted by atomic mass is 19.1. The van der Waals surface area contributed by atoms with Crippen molar-refractivity contribution in [3.8, 4) is 11.1 Å². The molecule has 0 unspecified atom stereocenters. The zero-order chi connectivity index (χ0) is 18.0. The number of amides is 2. The van der Waals surface area contributed by atoms with Crippen LogP contribution >= 0.6 is 0 Å². The second-order valence-corrected chi connectivity index (χ2v) is 6.20. The van der Waals surface area contributed by atoms with E-state index in [2.05, 4.69) is 4.98 Å². The van der Waals surface area contributed by atoms with E-state index in [0.29, 0.717) is 31.7 Å². The lowest BCUT2D eigenvalue weighted by molar-refractivity contribution is -0.123. The number of primary amides is 1. The summed E-state index contributed by atoms with van der Waals surface area (Å²) in [7, 11) is 0. The standard InChI is InChI=1S/C18H21FN4O2/c1-12(17(20)24)22-6-8-23(9-7-22)18(25)16-11-21-10-15(16)13-2-4-14(19)5-3-13/h2-5,10-12,21H,6-9H2,1H3,(H2,20,24)/t12-/m0/s1. The van der Waals surface area contributed by atoms with Crippen molar-refractivity contribution in [2.75, 3.05) is 26.2 Å². The molecule has 7 heteroatoms. The lowest BCUT2D eigenvalue weighted by Crippen LogP contribution is -2.54. The van der Waals surface area contributed by atoms with Gasteiger partial charge in [0.1, 0.15) is 5.82 Å². The number of aromatic amines is 1. The molecule has 0 radical (unpaired) electrons. The third-order valence-electron chi connectivity index (χ3n) is 4.69. The number of nitrogens with one attached hydrogen (secondary N) is 1. The van der Waals surface area contributed by atoms with E-state index < -0.39 is 0 Å². The number of nitrogens with zero attached hydrogens (tertiary/aromatic N) is 2. The first-order valence-corrected chi connectivity index (χ1v) is 8.22. The maximum absolute atomic E-state index is 13.1. The van der Waals surface area contributed by atoms with E-state index in [4.69, 9.17) is 5.73 Å². The van der Waals surface area contributed by atoms with Crippen molar-refractivity contribution >= 4 is 11.8 Å². The van der Waals surface area contributed by atoms with Crippen molar-refractivity contribution in [3.63, 3.8) is 0 Å². The minimum absolute atomic E-state index is 0.0769. The molecule has 132 valence electrons. The van der Waals surface area contributed by atoms with Gasteiger partial charge in [0.05, 0.1) is 11.6 Å². The zero-order valence-corrected chi connectivity index (χ0v) is 14.0. The largest absolute Gasteiger partial charge is 0.368 e. The third kappa shape index (κ3) is 3.56. The molecule has 1 atom stereocenters. The van der Waals surface area contributed by atoms with Crippen LogP contribution in [0.2, 0.25) is 0 Å². The number of carbonyl (C=O) groups is 2. The van der Waals surface area contributed by atoms with Crippen LogP contribution in [0.15, 0.2) is 36.7 Å². The molecule has 6 nitrogen and oxygen atoms in total. The van der Waals surface area contributed by atoms with Crippen molar-refractivity contribution < 1.29 is 14.0 Å². The van der Waals surface area contributed by atoms with Crippen LogP contribution < -0.4 is 5.73 Å². The van der Waals surface area contributed by atoms with Gasteiger partial charge in [-0.25, -0.2) is 4.39 Å². The van der Waals surface area contributed by atoms with Crippen molar-refractivity contribution in [2.45, 2.75) is 13.0 Å². The molecule has 0 aliphatic carbocycles. The van der Waals surface area contributed by atoms with Gasteiger partial charge in [-0.1, -0.05) is 12.1 Å². The zero-order valence-electron chi connectivity index (χ0n) is 14.0. The van der Waals surface area contributed by atoms with E-state index in [9.17, 15) is 14.0 Å². The normalized spacial score (nSPS) is 16.6. The summed E-state index contributed by atoms with van der Waals surface area (Å²) >= 11 is 0. The summed E-state index contributed by atoms with van der Waals surface area (Å²) in [4.78, 5) is 30.9. The Kier molecular flexibility index (Phi) is 4.85. The minimum atomic E-state index is -0.357. The molecule has 1 aromatic heterocycles. The smallest absolute Gasteiger partial charge is 0.256 e. The molecule has 1 aromatic carbocycles. The molecule has 25 heavy (non-hydrogen) atoms. The van der Waals surface area contributed by atoms with Crippen molar-refractivity contribution in [3.05, 3.63) is 48.0 Å². The fourth-order valence-corrected chi connectivity index (χ4v) is 3.07. The van der Waals surface area contributed by atoms with Crippen LogP contribution in [0.25, 0.3) is 11.1 Å². The summed E-state index contributed by atoms with van der Waals surface area (Å²) in [5.74, 6) is -0.747. The van der Waals surface area contributed by atoms with Gasteiger partial charge < -0.3 is 15.6 Å². The summed E-state index contributed by atoms with van der Waals surface area (Å²) in [6.07, 6.45) is 3.41. The van der Waals surface area contributed by atoms with Gasteiger partial charge >= 0.3 is 0 Å². The first kappa shape index (κ1) is 17.2. The molecule has 3 N–H and O–H groups in total. The Morgan fingerprint density at radius 2 is 1.76 bits per heavy atom. The molecule has 1 saturated heterocycles. The SMILES string of the molecule is C[C@@H](C(N)=O)N1CCN(C(=O)c2c[nH]cc2-c2ccc(F)cc2)CC1. The molecule has 0 bridgehead atoms. The molecule has 2 aromatic rings. The average Bonchev–Trinajstić information content (AvgIpc) is 3.11. The van der Waals surface area contributed by atoms with E-state index in [0.717, 1.165) is 11.1 Å². The summed E-state index contributed by atoms with van der Waals surface area (Å²) in [5.41, 5.74) is 7.43. The van der Waals surface area contributed by atoms with Gasteiger partial charge in [-0.3, -0.25) is 14.5 Å². The highest BCUT2D eigenvalue weighted by Gasteiger charge is 2.28. The van der Waals surface area contributed by atoms with E-state index in [1.807, 2.05) is 4.90 Å². The van der Waals surface area contributed by atoms with Crippen molar-refractivity contribution in [2.24, 2.45) is 5.73 Å². The van der Waals surface area contributed by atoms with Gasteiger partial charge in [0.2, 0.25) is 5.91 Å². The average molecular weight is 344 g/mol. The highest BCUT2D eigenvalue weighted by Crippen LogP contribution is 2.25. The lowest BCUT2D eigenvalue weighted by atomic mass is 10.0. The number of rotatable bonds is 4. The Hall–Kier alpha value is -2.67. The highest BCUT2D eigenvalue weighted by molar-refractivity contribution is 6.00. The molecule has 2 amide bonds. The first-order chi connectivity index (χ1) is 12.0. The van der Waals surface area contributed by atoms with Gasteiger partial charge in [-0.15, -0.1) is 0 Å². The predicted octanol–water partition coefficient (Wildman–Crippen LogP) is 1.45. The van der Waals surface area contributed by atoms with Gasteiger partial charge in [0, 0.05) is 44.1 Å². The van der Waals surface area contributed by atoms with Crippen LogP contribution in [0, 0.1) is 5.82 Å². The second kappa shape index (κ2) is 7.06. The number of benzene rings is 1. The van der Waals surface area contributed by atoms with Crippen molar-refractivity contribution in [1.29, 1.82) is 0 Å². The maximum Gasteiger partial charge on any atom is 0.256 e. The summed E-state index contributed by atoms with van der Waals surface area (Å²) < 4.78 is 13.1. The molecule has 0 spiro atoms. The molecular formula is C18H21FN4O2. The predicted molar refractivity (Wildman–Crippen MR) is 92.3 cm³/mol. The third-order valence-corrected chi connectivity index (χ3v) is 4.69. The van der Waals surface area contributed by atoms with Crippen LogP contribution in [-0.2, 0) is 4.79 Å². The van der Waals surface area contributed by atoms with Crippen molar-refractivity contribution in [1.82, 2.24) is 14.8 Å². The number of piperazine rings is 1. The van der Waals surface area contributed by atoms with E-state index in [-0.39, 0.29) is 23.7 Å². The summed E-state index contributed by atoms with van der Waals surface area (Å²) in [6.45, 7) is 4.05. The number of nitrogens with two attached hydrogens (primary N) is 1. The Morgan fingerprint density at radius 3 is 2.36 bits per heavy atom. The van der Waals surface area contributed by atoms with Crippen LogP contribution in [0.1, 0.15) is 17.3 Å². The fraction of sp³-hybridized carbons (Fsp3) is 0.333. The molecule has 1 aliphatic heterocycles. The van der Waals surface area contributed by atoms with E-state index in [1.54, 1.807) is 36.4 Å². The number of H-pyrrole nitrogens is 1. The lowest BCUT2D eigenvalue weighted by Gasteiger charge is -2.37. The topological polar surface area (TPSA) is 82.4 Å². The van der Waals surface area contributed by atoms with E-state index in [1.165, 1.54) is 12.1 Å². The Labute approximate surface area is 145 Å². The number of hydrogen-bond acceptors (Lipinski definition) is 3. The van der Waals surface area contributed by atoms with Gasteiger partial charge in [-0.2, -0.15) is 0 Å². The Morgan fingerprint density at radius 1 is 1.12 bits per heavy atom. The number of hydrogen-bond donors (Lipinski definition) is 2. The number of aromatic nitrogens is 1. The maximum atomic E-state index is 13.1. The molecule has 1 aliphatic rings. The van der Waals surface area contributed by atoms with Gasteiger partial charge in [-0.05, 0) is 24.6 Å². The molecule has 2 heterocycles. The molecule has 3 rings (SSSR count).